The largest absolute Gasteiger partial charge is 0.484 e. The highest BCUT2D eigenvalue weighted by molar-refractivity contribution is 9.10. The number of carbonyl (C=O) groups is 2. The Bertz CT molecular complexity index is 874. The van der Waals surface area contributed by atoms with E-state index in [4.69, 9.17) is 4.74 Å². The highest BCUT2D eigenvalue weighted by atomic mass is 79.9. The Morgan fingerprint density at radius 3 is 2.48 bits per heavy atom. The van der Waals surface area contributed by atoms with Crippen LogP contribution in [0, 0.1) is 12.7 Å². The summed E-state index contributed by atoms with van der Waals surface area (Å²) in [7, 11) is 0. The van der Waals surface area contributed by atoms with E-state index in [0.717, 1.165) is 28.4 Å². The van der Waals surface area contributed by atoms with Crippen molar-refractivity contribution < 1.29 is 18.7 Å². The number of hydrogen-bond acceptors (Lipinski definition) is 3. The number of rotatable bonds is 11. The summed E-state index contributed by atoms with van der Waals surface area (Å²) in [5.74, 6) is -0.260. The van der Waals surface area contributed by atoms with Crippen molar-refractivity contribution in [2.24, 2.45) is 0 Å². The highest BCUT2D eigenvalue weighted by Crippen LogP contribution is 2.22. The van der Waals surface area contributed by atoms with Gasteiger partial charge in [0.15, 0.2) is 6.61 Å². The second-order valence-electron chi connectivity index (χ2n) is 7.42. The molecule has 7 heteroatoms. The van der Waals surface area contributed by atoms with Gasteiger partial charge >= 0.3 is 0 Å². The smallest absolute Gasteiger partial charge is 0.261 e. The first-order chi connectivity index (χ1) is 14.8. The van der Waals surface area contributed by atoms with Gasteiger partial charge in [0, 0.05) is 17.6 Å². The van der Waals surface area contributed by atoms with Gasteiger partial charge in [-0.1, -0.05) is 48.3 Å². The lowest BCUT2D eigenvalue weighted by molar-refractivity contribution is -0.143. The van der Waals surface area contributed by atoms with Gasteiger partial charge in [-0.3, -0.25) is 9.59 Å². The van der Waals surface area contributed by atoms with Crippen LogP contribution < -0.4 is 10.1 Å². The molecule has 0 saturated heterocycles. The fraction of sp³-hybridized carbons (Fsp3) is 0.417. The lowest BCUT2D eigenvalue weighted by Gasteiger charge is -2.30. The third-order valence-corrected chi connectivity index (χ3v) is 5.86. The van der Waals surface area contributed by atoms with Crippen molar-refractivity contribution in [3.8, 4) is 5.75 Å². The predicted octanol–water partition coefficient (Wildman–Crippen LogP) is 5.00. The van der Waals surface area contributed by atoms with Crippen molar-refractivity contribution in [1.29, 1.82) is 0 Å². The van der Waals surface area contributed by atoms with Crippen molar-refractivity contribution >= 4 is 27.7 Å². The molecule has 2 rings (SSSR count). The Morgan fingerprint density at radius 1 is 1.16 bits per heavy atom. The van der Waals surface area contributed by atoms with Gasteiger partial charge in [0.2, 0.25) is 5.91 Å². The number of hydrogen-bond donors (Lipinski definition) is 1. The van der Waals surface area contributed by atoms with E-state index in [1.807, 2.05) is 26.0 Å². The first-order valence-corrected chi connectivity index (χ1v) is 11.4. The van der Waals surface area contributed by atoms with Crippen LogP contribution in [0.4, 0.5) is 4.39 Å². The molecule has 0 aliphatic rings. The second kappa shape index (κ2) is 12.4. The number of nitrogens with one attached hydrogen (secondary N) is 1. The maximum Gasteiger partial charge on any atom is 0.261 e. The van der Waals surface area contributed by atoms with E-state index in [9.17, 15) is 14.0 Å². The zero-order chi connectivity index (χ0) is 22.8. The van der Waals surface area contributed by atoms with Crippen LogP contribution in [0.15, 0.2) is 46.9 Å². The molecule has 5 nitrogen and oxygen atoms in total. The van der Waals surface area contributed by atoms with Gasteiger partial charge in [-0.25, -0.2) is 4.39 Å². The van der Waals surface area contributed by atoms with Gasteiger partial charge < -0.3 is 15.0 Å². The summed E-state index contributed by atoms with van der Waals surface area (Å²) in [4.78, 5) is 27.4. The maximum absolute atomic E-state index is 13.3. The first kappa shape index (κ1) is 24.9. The second-order valence-corrected chi connectivity index (χ2v) is 8.27. The third kappa shape index (κ3) is 7.65. The Kier molecular flexibility index (Phi) is 9.98. The van der Waals surface area contributed by atoms with E-state index in [2.05, 4.69) is 28.2 Å². The third-order valence-electron chi connectivity index (χ3n) is 4.97. The van der Waals surface area contributed by atoms with Crippen molar-refractivity contribution in [3.63, 3.8) is 0 Å². The van der Waals surface area contributed by atoms with Gasteiger partial charge in [0.25, 0.3) is 5.91 Å². The van der Waals surface area contributed by atoms with Crippen LogP contribution in [0.5, 0.6) is 5.75 Å². The van der Waals surface area contributed by atoms with Crippen LogP contribution in [-0.4, -0.2) is 35.9 Å². The molecule has 2 aromatic carbocycles. The summed E-state index contributed by atoms with van der Waals surface area (Å²) in [6.07, 6.45) is 2.30. The van der Waals surface area contributed by atoms with Gasteiger partial charge in [0.1, 0.15) is 17.6 Å². The monoisotopic (exact) mass is 492 g/mol. The molecule has 0 aliphatic carbocycles. The molecule has 0 saturated carbocycles. The number of nitrogens with zero attached hydrogens (tertiary/aromatic N) is 1. The van der Waals surface area contributed by atoms with Crippen molar-refractivity contribution in [2.45, 2.75) is 52.6 Å². The Morgan fingerprint density at radius 2 is 1.87 bits per heavy atom. The molecule has 0 aliphatic heterocycles. The van der Waals surface area contributed by atoms with Crippen LogP contribution in [0.3, 0.4) is 0 Å². The molecule has 1 N–H and O–H groups in total. The number of unbranched alkanes of at least 4 members (excludes halogenated alkanes) is 1. The molecular formula is C24H30BrFN2O3. The van der Waals surface area contributed by atoms with Crippen LogP contribution >= 0.6 is 15.9 Å². The summed E-state index contributed by atoms with van der Waals surface area (Å²) in [5, 5.41) is 2.91. The van der Waals surface area contributed by atoms with Crippen LogP contribution in [0.1, 0.15) is 44.2 Å². The van der Waals surface area contributed by atoms with Crippen molar-refractivity contribution in [2.75, 3.05) is 13.2 Å². The Balaban J connectivity index is 2.17. The number of halogens is 2. The van der Waals surface area contributed by atoms with E-state index in [1.165, 1.54) is 17.0 Å². The molecule has 168 valence electrons. The van der Waals surface area contributed by atoms with Crippen LogP contribution in [-0.2, 0) is 16.1 Å². The fourth-order valence-corrected chi connectivity index (χ4v) is 3.39. The van der Waals surface area contributed by atoms with Crippen molar-refractivity contribution in [1.82, 2.24) is 10.2 Å². The molecule has 0 spiro atoms. The summed E-state index contributed by atoms with van der Waals surface area (Å²) in [6.45, 7) is 6.43. The minimum atomic E-state index is -0.635. The quantitative estimate of drug-likeness (QED) is 0.449. The normalized spacial score (nSPS) is 11.6. The average molecular weight is 493 g/mol. The van der Waals surface area contributed by atoms with Crippen molar-refractivity contribution in [3.05, 3.63) is 63.9 Å². The molecule has 0 bridgehead atoms. The summed E-state index contributed by atoms with van der Waals surface area (Å²) in [5.41, 5.74) is 1.74. The maximum atomic E-state index is 13.3. The molecule has 2 aromatic rings. The molecule has 31 heavy (non-hydrogen) atoms. The lowest BCUT2D eigenvalue weighted by atomic mass is 10.1. The molecule has 0 aromatic heterocycles. The Labute approximate surface area is 192 Å². The van der Waals surface area contributed by atoms with E-state index in [0.29, 0.717) is 18.7 Å². The number of aryl methyl sites for hydroxylation is 1. The zero-order valence-electron chi connectivity index (χ0n) is 18.3. The average Bonchev–Trinajstić information content (AvgIpc) is 2.75. The minimum absolute atomic E-state index is 0.189. The molecule has 2 amide bonds. The molecular weight excluding hydrogens is 463 g/mol. The molecule has 0 heterocycles. The topological polar surface area (TPSA) is 58.6 Å². The summed E-state index contributed by atoms with van der Waals surface area (Å²) < 4.78 is 20.0. The number of amides is 2. The van der Waals surface area contributed by atoms with Gasteiger partial charge in [-0.2, -0.15) is 0 Å². The SMILES string of the molecule is CCCCNC(=O)C(CC)N(Cc1ccc(F)cc1)C(=O)COc1ccc(Br)c(C)c1. The van der Waals surface area contributed by atoms with Gasteiger partial charge in [0.05, 0.1) is 0 Å². The number of ether oxygens (including phenoxy) is 1. The molecule has 0 fully saturated rings. The summed E-state index contributed by atoms with van der Waals surface area (Å²) >= 11 is 3.44. The number of carbonyl (C=O) groups excluding carboxylic acids is 2. The highest BCUT2D eigenvalue weighted by Gasteiger charge is 2.28. The first-order valence-electron chi connectivity index (χ1n) is 10.6. The zero-order valence-corrected chi connectivity index (χ0v) is 19.9. The van der Waals surface area contributed by atoms with E-state index in [1.54, 1.807) is 18.2 Å². The molecule has 1 unspecified atom stereocenters. The molecule has 0 radical (unpaired) electrons. The van der Waals surface area contributed by atoms with Crippen LogP contribution in [0.2, 0.25) is 0 Å². The van der Waals surface area contributed by atoms with E-state index >= 15 is 0 Å². The van der Waals surface area contributed by atoms with Gasteiger partial charge in [-0.15, -0.1) is 0 Å². The predicted molar refractivity (Wildman–Crippen MR) is 123 cm³/mol. The summed E-state index contributed by atoms with van der Waals surface area (Å²) in [6, 6.07) is 10.8. The van der Waals surface area contributed by atoms with Crippen LogP contribution in [0.25, 0.3) is 0 Å². The minimum Gasteiger partial charge on any atom is -0.484 e. The standard InChI is InChI=1S/C24H30BrFN2O3/c1-4-6-13-27-24(30)22(5-2)28(15-18-7-9-19(26)10-8-18)23(29)16-31-20-11-12-21(25)17(3)14-20/h7-12,14,22H,4-6,13,15-16H2,1-3H3,(H,27,30). The fourth-order valence-electron chi connectivity index (χ4n) is 3.15. The Hall–Kier alpha value is -2.41. The van der Waals surface area contributed by atoms with Gasteiger partial charge in [-0.05, 0) is 61.2 Å². The lowest BCUT2D eigenvalue weighted by Crippen LogP contribution is -2.50. The molecule has 1 atom stereocenters. The number of benzene rings is 2. The van der Waals surface area contributed by atoms with E-state index in [-0.39, 0.29) is 30.8 Å². The van der Waals surface area contributed by atoms with E-state index < -0.39 is 6.04 Å².